The van der Waals surface area contributed by atoms with Gasteiger partial charge in [0.2, 0.25) is 0 Å². The van der Waals surface area contributed by atoms with Crippen LogP contribution in [0.2, 0.25) is 0 Å². The molecule has 1 saturated heterocycles. The number of benzene rings is 1. The molecule has 1 heterocycles. The van der Waals surface area contributed by atoms with Crippen LogP contribution in [0.25, 0.3) is 0 Å². The van der Waals surface area contributed by atoms with E-state index in [1.165, 1.54) is 0 Å². The van der Waals surface area contributed by atoms with Crippen LogP contribution < -0.4 is 10.6 Å². The molecule has 3 N–H and O–H groups in total. The number of amidine groups is 1. The van der Waals surface area contributed by atoms with Crippen LogP contribution in [0, 0.1) is 0 Å². The second-order valence-electron chi connectivity index (χ2n) is 5.52. The number of nitrogens with two attached hydrogens (primary N) is 1. The second kappa shape index (κ2) is 6.58. The first-order chi connectivity index (χ1) is 10.0. The fourth-order valence-electron chi connectivity index (χ4n) is 2.84. The van der Waals surface area contributed by atoms with E-state index >= 15 is 0 Å². The van der Waals surface area contributed by atoms with Crippen molar-refractivity contribution in [3.63, 3.8) is 0 Å². The molecule has 0 aliphatic carbocycles. The number of methoxy groups -OCH3 is 1. The monoisotopic (exact) mass is 309 g/mol. The predicted octanol–water partition coefficient (Wildman–Crippen LogP) is 2.51. The zero-order chi connectivity index (χ0) is 15.5. The minimum atomic E-state index is -0.157. The van der Waals surface area contributed by atoms with Crippen LogP contribution in [0.5, 0.6) is 0 Å². The molecular formula is C15H23N3O2S. The van der Waals surface area contributed by atoms with Gasteiger partial charge in [0.1, 0.15) is 0 Å². The van der Waals surface area contributed by atoms with Gasteiger partial charge in [-0.25, -0.2) is 0 Å². The van der Waals surface area contributed by atoms with E-state index in [9.17, 15) is 0 Å². The summed E-state index contributed by atoms with van der Waals surface area (Å²) in [5.74, 6) is 0.152. The molecule has 1 fully saturated rings. The summed E-state index contributed by atoms with van der Waals surface area (Å²) in [6.45, 7) is 3.87. The highest BCUT2D eigenvalue weighted by atomic mass is 32.2. The van der Waals surface area contributed by atoms with Gasteiger partial charge in [0.15, 0.2) is 5.84 Å². The molecule has 0 saturated carbocycles. The predicted molar refractivity (Wildman–Crippen MR) is 87.6 cm³/mol. The minimum absolute atomic E-state index is 0.152. The van der Waals surface area contributed by atoms with Crippen LogP contribution >= 0.6 is 11.8 Å². The Morgan fingerprint density at radius 2 is 2.29 bits per heavy atom. The highest BCUT2D eigenvalue weighted by Crippen LogP contribution is 2.34. The summed E-state index contributed by atoms with van der Waals surface area (Å²) in [6, 6.07) is 6.02. The molecule has 21 heavy (non-hydrogen) atoms. The molecule has 6 heteroatoms. The molecule has 1 aliphatic rings. The van der Waals surface area contributed by atoms with Gasteiger partial charge in [-0.3, -0.25) is 0 Å². The Balaban J connectivity index is 2.44. The average molecular weight is 309 g/mol. The van der Waals surface area contributed by atoms with E-state index in [0.29, 0.717) is 0 Å². The van der Waals surface area contributed by atoms with Crippen molar-refractivity contribution in [2.24, 2.45) is 10.9 Å². The number of piperidine rings is 1. The normalized spacial score (nSPS) is 23.4. The molecule has 5 nitrogen and oxygen atoms in total. The number of thioether (sulfide) groups is 1. The number of nitrogens with zero attached hydrogens (tertiary/aromatic N) is 2. The van der Waals surface area contributed by atoms with Crippen LogP contribution in [-0.4, -0.2) is 43.1 Å². The van der Waals surface area contributed by atoms with Crippen molar-refractivity contribution < 1.29 is 9.94 Å². The summed E-state index contributed by atoms with van der Waals surface area (Å²) < 4.78 is 5.66. The van der Waals surface area contributed by atoms with Gasteiger partial charge in [-0.1, -0.05) is 11.2 Å². The lowest BCUT2D eigenvalue weighted by Gasteiger charge is -2.41. The number of anilines is 1. The summed E-state index contributed by atoms with van der Waals surface area (Å²) in [4.78, 5) is 3.27. The Bertz CT molecular complexity index is 536. The lowest BCUT2D eigenvalue weighted by atomic mass is 9.93. The topological polar surface area (TPSA) is 71.1 Å². The molecule has 1 aliphatic heterocycles. The van der Waals surface area contributed by atoms with Gasteiger partial charge < -0.3 is 20.6 Å². The maximum Gasteiger partial charge on any atom is 0.173 e. The summed E-state index contributed by atoms with van der Waals surface area (Å²) in [5, 5.41) is 12.3. The standard InChI is InChI=1S/C15H23N3O2S/c1-15(20-2)8-5-9-18(10-15)11-6-4-7-12(21-3)13(11)14(16)17-19/h4,6-7,19H,5,8-10H2,1-3H3,(H2,16,17). The summed E-state index contributed by atoms with van der Waals surface area (Å²) >= 11 is 1.59. The lowest BCUT2D eigenvalue weighted by molar-refractivity contribution is -0.00466. The fraction of sp³-hybridized carbons (Fsp3) is 0.533. The third-order valence-electron chi connectivity index (χ3n) is 4.08. The van der Waals surface area contributed by atoms with Crippen LogP contribution in [0.1, 0.15) is 25.3 Å². The summed E-state index contributed by atoms with van der Waals surface area (Å²) in [7, 11) is 1.76. The summed E-state index contributed by atoms with van der Waals surface area (Å²) in [6.07, 6.45) is 4.09. The van der Waals surface area contributed by atoms with Crippen molar-refractivity contribution in [3.8, 4) is 0 Å². The molecule has 0 aromatic heterocycles. The van der Waals surface area contributed by atoms with Crippen molar-refractivity contribution in [2.75, 3.05) is 31.4 Å². The first kappa shape index (κ1) is 16.0. The molecular weight excluding hydrogens is 286 g/mol. The van der Waals surface area contributed by atoms with Gasteiger partial charge in [0.25, 0.3) is 0 Å². The molecule has 1 unspecified atom stereocenters. The Morgan fingerprint density at radius 1 is 1.52 bits per heavy atom. The smallest absolute Gasteiger partial charge is 0.173 e. The highest BCUT2D eigenvalue weighted by Gasteiger charge is 2.32. The number of oxime groups is 1. The lowest BCUT2D eigenvalue weighted by Crippen LogP contribution is -2.48. The maximum atomic E-state index is 9.09. The van der Waals surface area contributed by atoms with E-state index in [-0.39, 0.29) is 11.4 Å². The average Bonchev–Trinajstić information content (AvgIpc) is 2.53. The van der Waals surface area contributed by atoms with Gasteiger partial charge in [0, 0.05) is 30.8 Å². The van der Waals surface area contributed by atoms with Crippen LogP contribution in [0.3, 0.4) is 0 Å². The number of rotatable bonds is 4. The zero-order valence-corrected chi connectivity index (χ0v) is 13.6. The van der Waals surface area contributed by atoms with E-state index in [1.54, 1.807) is 18.9 Å². The van der Waals surface area contributed by atoms with Crippen LogP contribution in [-0.2, 0) is 4.74 Å². The van der Waals surface area contributed by atoms with E-state index in [1.807, 2.05) is 24.5 Å². The SMILES string of the molecule is COC1(C)CCCN(c2cccc(SC)c2/C(N)=N/O)C1. The third-order valence-corrected chi connectivity index (χ3v) is 4.86. The van der Waals surface area contributed by atoms with E-state index < -0.39 is 0 Å². The largest absolute Gasteiger partial charge is 0.409 e. The first-order valence-electron chi connectivity index (χ1n) is 6.99. The Hall–Kier alpha value is -1.40. The van der Waals surface area contributed by atoms with E-state index in [2.05, 4.69) is 17.0 Å². The quantitative estimate of drug-likeness (QED) is 0.294. The number of hydrogen-bond acceptors (Lipinski definition) is 5. The molecule has 1 aromatic rings. The van der Waals surface area contributed by atoms with Gasteiger partial charge in [-0.05, 0) is 38.2 Å². The van der Waals surface area contributed by atoms with Gasteiger partial charge >= 0.3 is 0 Å². The molecule has 0 bridgehead atoms. The second-order valence-corrected chi connectivity index (χ2v) is 6.37. The first-order valence-corrected chi connectivity index (χ1v) is 8.22. The Labute approximate surface area is 130 Å². The summed E-state index contributed by atoms with van der Waals surface area (Å²) in [5.41, 5.74) is 7.55. The van der Waals surface area contributed by atoms with Gasteiger partial charge in [0.05, 0.1) is 11.2 Å². The zero-order valence-electron chi connectivity index (χ0n) is 12.8. The number of hydrogen-bond donors (Lipinski definition) is 2. The van der Waals surface area contributed by atoms with Gasteiger partial charge in [-0.2, -0.15) is 0 Å². The molecule has 0 spiro atoms. The highest BCUT2D eigenvalue weighted by molar-refractivity contribution is 7.98. The Morgan fingerprint density at radius 3 is 2.90 bits per heavy atom. The van der Waals surface area contributed by atoms with Crippen LogP contribution in [0.4, 0.5) is 5.69 Å². The van der Waals surface area contributed by atoms with Crippen molar-refractivity contribution in [2.45, 2.75) is 30.3 Å². The third kappa shape index (κ3) is 3.27. The molecule has 1 aromatic carbocycles. The van der Waals surface area contributed by atoms with Gasteiger partial charge in [-0.15, -0.1) is 11.8 Å². The Kier molecular flexibility index (Phi) is 5.00. The van der Waals surface area contributed by atoms with E-state index in [0.717, 1.165) is 42.1 Å². The van der Waals surface area contributed by atoms with E-state index in [4.69, 9.17) is 15.7 Å². The fourth-order valence-corrected chi connectivity index (χ4v) is 3.47. The molecule has 116 valence electrons. The van der Waals surface area contributed by atoms with Crippen molar-refractivity contribution in [1.82, 2.24) is 0 Å². The van der Waals surface area contributed by atoms with Crippen molar-refractivity contribution in [3.05, 3.63) is 23.8 Å². The molecule has 0 amide bonds. The molecule has 2 rings (SSSR count). The minimum Gasteiger partial charge on any atom is -0.409 e. The molecule has 1 atom stereocenters. The van der Waals surface area contributed by atoms with Crippen molar-refractivity contribution >= 4 is 23.3 Å². The van der Waals surface area contributed by atoms with Crippen LogP contribution in [0.15, 0.2) is 28.3 Å². The number of ether oxygens (including phenoxy) is 1. The molecule has 0 radical (unpaired) electrons. The van der Waals surface area contributed by atoms with Crippen molar-refractivity contribution in [1.29, 1.82) is 0 Å². The maximum absolute atomic E-state index is 9.09.